The predicted octanol–water partition coefficient (Wildman–Crippen LogP) is 4.56. The van der Waals surface area contributed by atoms with Crippen molar-refractivity contribution in [2.75, 3.05) is 0 Å². The SMILES string of the molecule is Cc1cc(-c2cccc(OCc3cccc(Br)c3)c2)c(C#N)c(=O)[nH]1. The van der Waals surface area contributed by atoms with E-state index in [1.54, 1.807) is 13.0 Å². The topological polar surface area (TPSA) is 65.9 Å². The van der Waals surface area contributed by atoms with Crippen LogP contribution >= 0.6 is 15.9 Å². The van der Waals surface area contributed by atoms with Crippen molar-refractivity contribution >= 4 is 15.9 Å². The molecule has 0 radical (unpaired) electrons. The van der Waals surface area contributed by atoms with Gasteiger partial charge in [0.25, 0.3) is 5.56 Å². The Morgan fingerprint density at radius 3 is 2.72 bits per heavy atom. The first-order valence-corrected chi connectivity index (χ1v) is 8.48. The van der Waals surface area contributed by atoms with Crippen LogP contribution in [0.15, 0.2) is 63.9 Å². The van der Waals surface area contributed by atoms with Gasteiger partial charge in [-0.25, -0.2) is 0 Å². The summed E-state index contributed by atoms with van der Waals surface area (Å²) in [5, 5.41) is 9.29. The number of nitriles is 1. The molecule has 0 saturated heterocycles. The van der Waals surface area contributed by atoms with Crippen LogP contribution in [-0.2, 0) is 6.61 Å². The minimum atomic E-state index is -0.377. The van der Waals surface area contributed by atoms with E-state index in [4.69, 9.17) is 4.74 Å². The highest BCUT2D eigenvalue weighted by Crippen LogP contribution is 2.26. The summed E-state index contributed by atoms with van der Waals surface area (Å²) in [4.78, 5) is 14.6. The Bertz CT molecular complexity index is 1020. The molecule has 124 valence electrons. The Morgan fingerprint density at radius 2 is 1.96 bits per heavy atom. The molecular formula is C20H15BrN2O2. The van der Waals surface area contributed by atoms with Crippen molar-refractivity contribution in [3.63, 3.8) is 0 Å². The second-order valence-electron chi connectivity index (χ2n) is 5.63. The van der Waals surface area contributed by atoms with Crippen LogP contribution in [0.1, 0.15) is 16.8 Å². The molecule has 0 fully saturated rings. The highest BCUT2D eigenvalue weighted by Gasteiger charge is 2.11. The van der Waals surface area contributed by atoms with Gasteiger partial charge < -0.3 is 9.72 Å². The van der Waals surface area contributed by atoms with Gasteiger partial charge >= 0.3 is 0 Å². The largest absolute Gasteiger partial charge is 0.489 e. The van der Waals surface area contributed by atoms with Crippen molar-refractivity contribution in [3.8, 4) is 22.9 Å². The zero-order chi connectivity index (χ0) is 17.8. The molecule has 3 aromatic rings. The van der Waals surface area contributed by atoms with E-state index in [0.29, 0.717) is 23.6 Å². The Morgan fingerprint density at radius 1 is 1.16 bits per heavy atom. The van der Waals surface area contributed by atoms with Crippen molar-refractivity contribution in [2.24, 2.45) is 0 Å². The minimum absolute atomic E-state index is 0.106. The fourth-order valence-corrected chi connectivity index (χ4v) is 3.02. The molecule has 5 heteroatoms. The van der Waals surface area contributed by atoms with E-state index in [-0.39, 0.29) is 11.1 Å². The average Bonchev–Trinajstić information content (AvgIpc) is 2.60. The van der Waals surface area contributed by atoms with Crippen molar-refractivity contribution < 1.29 is 4.74 Å². The van der Waals surface area contributed by atoms with Crippen LogP contribution in [0.2, 0.25) is 0 Å². The lowest BCUT2D eigenvalue weighted by atomic mass is 10.0. The van der Waals surface area contributed by atoms with Gasteiger partial charge in [0.05, 0.1) is 0 Å². The van der Waals surface area contributed by atoms with E-state index >= 15 is 0 Å². The molecule has 1 N–H and O–H groups in total. The van der Waals surface area contributed by atoms with Crippen LogP contribution in [0.25, 0.3) is 11.1 Å². The first-order chi connectivity index (χ1) is 12.1. The van der Waals surface area contributed by atoms with E-state index in [0.717, 1.165) is 15.6 Å². The third-order valence-electron chi connectivity index (χ3n) is 3.72. The second kappa shape index (κ2) is 7.37. The van der Waals surface area contributed by atoms with Gasteiger partial charge in [-0.2, -0.15) is 5.26 Å². The fraction of sp³-hybridized carbons (Fsp3) is 0.100. The summed E-state index contributed by atoms with van der Waals surface area (Å²) in [6, 6.07) is 19.1. The van der Waals surface area contributed by atoms with Gasteiger partial charge in [0.15, 0.2) is 0 Å². The number of benzene rings is 2. The summed E-state index contributed by atoms with van der Waals surface area (Å²) in [7, 11) is 0. The van der Waals surface area contributed by atoms with Gasteiger partial charge in [-0.05, 0) is 48.4 Å². The van der Waals surface area contributed by atoms with Crippen LogP contribution < -0.4 is 10.3 Å². The highest BCUT2D eigenvalue weighted by atomic mass is 79.9. The van der Waals surface area contributed by atoms with Crippen LogP contribution in [0.4, 0.5) is 0 Å². The monoisotopic (exact) mass is 394 g/mol. The molecule has 25 heavy (non-hydrogen) atoms. The molecule has 0 aliphatic rings. The molecule has 1 heterocycles. The molecule has 0 unspecified atom stereocenters. The van der Waals surface area contributed by atoms with E-state index in [1.807, 2.05) is 54.6 Å². The number of halogens is 1. The Kier molecular flexibility index (Phi) is 5.01. The third kappa shape index (κ3) is 3.98. The van der Waals surface area contributed by atoms with Crippen LogP contribution in [0.5, 0.6) is 5.75 Å². The molecule has 0 aliphatic heterocycles. The maximum atomic E-state index is 12.0. The second-order valence-corrected chi connectivity index (χ2v) is 6.54. The molecule has 3 rings (SSSR count). The summed E-state index contributed by atoms with van der Waals surface area (Å²) in [5.74, 6) is 0.680. The number of nitrogens with one attached hydrogen (secondary N) is 1. The summed E-state index contributed by atoms with van der Waals surface area (Å²) < 4.78 is 6.85. The maximum Gasteiger partial charge on any atom is 0.266 e. The lowest BCUT2D eigenvalue weighted by molar-refractivity contribution is 0.306. The molecule has 0 atom stereocenters. The quantitative estimate of drug-likeness (QED) is 0.704. The number of hydrogen-bond acceptors (Lipinski definition) is 3. The van der Waals surface area contributed by atoms with E-state index in [1.165, 1.54) is 0 Å². The number of nitrogens with zero attached hydrogens (tertiary/aromatic N) is 1. The van der Waals surface area contributed by atoms with Gasteiger partial charge in [-0.3, -0.25) is 4.79 Å². The van der Waals surface area contributed by atoms with Crippen LogP contribution in [0, 0.1) is 18.3 Å². The van der Waals surface area contributed by atoms with E-state index in [2.05, 4.69) is 20.9 Å². The number of pyridine rings is 1. The van der Waals surface area contributed by atoms with Crippen LogP contribution in [0.3, 0.4) is 0 Å². The molecule has 0 amide bonds. The smallest absolute Gasteiger partial charge is 0.266 e. The lowest BCUT2D eigenvalue weighted by Gasteiger charge is -2.10. The van der Waals surface area contributed by atoms with Crippen molar-refractivity contribution in [3.05, 3.63) is 86.2 Å². The Labute approximate surface area is 153 Å². The number of H-pyrrole nitrogens is 1. The van der Waals surface area contributed by atoms with Gasteiger partial charge in [-0.1, -0.05) is 40.2 Å². The molecule has 0 aliphatic carbocycles. The number of aromatic amines is 1. The summed E-state index contributed by atoms with van der Waals surface area (Å²) in [5.41, 5.74) is 2.87. The Balaban J connectivity index is 1.90. The third-order valence-corrected chi connectivity index (χ3v) is 4.21. The van der Waals surface area contributed by atoms with Gasteiger partial charge in [0.2, 0.25) is 0 Å². The first-order valence-electron chi connectivity index (χ1n) is 7.68. The van der Waals surface area contributed by atoms with Gasteiger partial charge in [-0.15, -0.1) is 0 Å². The highest BCUT2D eigenvalue weighted by molar-refractivity contribution is 9.10. The summed E-state index contributed by atoms with van der Waals surface area (Å²) in [6.07, 6.45) is 0. The number of rotatable bonds is 4. The first kappa shape index (κ1) is 17.0. The van der Waals surface area contributed by atoms with Crippen molar-refractivity contribution in [1.29, 1.82) is 5.26 Å². The zero-order valence-corrected chi connectivity index (χ0v) is 15.1. The number of ether oxygens (including phenoxy) is 1. The maximum absolute atomic E-state index is 12.0. The van der Waals surface area contributed by atoms with E-state index in [9.17, 15) is 10.1 Å². The molecule has 0 bridgehead atoms. The Hall–Kier alpha value is -2.84. The molecular weight excluding hydrogens is 380 g/mol. The number of aryl methyl sites for hydroxylation is 1. The molecule has 4 nitrogen and oxygen atoms in total. The molecule has 1 aromatic heterocycles. The summed E-state index contributed by atoms with van der Waals surface area (Å²) >= 11 is 3.44. The zero-order valence-electron chi connectivity index (χ0n) is 13.5. The molecule has 0 saturated carbocycles. The van der Waals surface area contributed by atoms with E-state index < -0.39 is 0 Å². The normalized spacial score (nSPS) is 10.3. The standard InChI is InChI=1S/C20H15BrN2O2/c1-13-8-18(19(11-22)20(24)23-13)15-5-3-7-17(10-15)25-12-14-4-2-6-16(21)9-14/h2-10H,12H2,1H3,(H,23,24). The number of hydrogen-bond donors (Lipinski definition) is 1. The van der Waals surface area contributed by atoms with Crippen molar-refractivity contribution in [2.45, 2.75) is 13.5 Å². The molecule has 0 spiro atoms. The van der Waals surface area contributed by atoms with Crippen molar-refractivity contribution in [1.82, 2.24) is 4.98 Å². The number of aromatic nitrogens is 1. The fourth-order valence-electron chi connectivity index (χ4n) is 2.57. The predicted molar refractivity (Wildman–Crippen MR) is 100 cm³/mol. The minimum Gasteiger partial charge on any atom is -0.489 e. The van der Waals surface area contributed by atoms with Gasteiger partial charge in [0, 0.05) is 15.7 Å². The summed E-state index contributed by atoms with van der Waals surface area (Å²) in [6.45, 7) is 2.22. The molecule has 2 aromatic carbocycles. The average molecular weight is 395 g/mol. The van der Waals surface area contributed by atoms with Gasteiger partial charge in [0.1, 0.15) is 24.0 Å². The van der Waals surface area contributed by atoms with Crippen LogP contribution in [-0.4, -0.2) is 4.98 Å². The lowest BCUT2D eigenvalue weighted by Crippen LogP contribution is -2.12.